The van der Waals surface area contributed by atoms with E-state index in [0.717, 1.165) is 18.2 Å². The van der Waals surface area contributed by atoms with E-state index in [1.807, 2.05) is 27.7 Å². The Morgan fingerprint density at radius 2 is 1.08 bits per heavy atom. The first-order chi connectivity index (χ1) is 29.4. The summed E-state index contributed by atoms with van der Waals surface area (Å²) in [6.45, 7) is 7.44. The standard InChI is InChI=1S/2C21H20N4O6.Co/c1-12(2)19-17(20(26)24(23-19)13-4-7-15(31-3)8-5-13)11-22-18-9-6-14(25(29)30)10-16(18)21(27)28;1-12(2)19-17(20(27)24(23-19)14-5-3-13(11-26)4-6-14)10-22-18-8-7-15(25(30)31)9-16(18)21(28)29;/h4-12,26H,1-3H3,(H,27,28);3-10,12,26-27H,11H2,1-2H3,(H,28,29);. The molecule has 2 aromatic heterocycles. The number of carbonyl (C=O) groups is 2. The molecule has 21 heteroatoms. The summed E-state index contributed by atoms with van der Waals surface area (Å²) in [5, 5.41) is 80.3. The summed E-state index contributed by atoms with van der Waals surface area (Å²) in [6.07, 6.45) is 2.61. The van der Waals surface area contributed by atoms with E-state index < -0.39 is 21.8 Å². The molecule has 2 heterocycles. The Kier molecular flexibility index (Phi) is 15.7. The smallest absolute Gasteiger partial charge is 0.338 e. The van der Waals surface area contributed by atoms with Crippen LogP contribution in [0.2, 0.25) is 0 Å². The molecule has 6 rings (SSSR count). The van der Waals surface area contributed by atoms with Crippen molar-refractivity contribution >= 4 is 47.1 Å². The third-order valence-electron chi connectivity index (χ3n) is 9.13. The number of non-ortho nitro benzene ring substituents is 2. The van der Waals surface area contributed by atoms with E-state index in [1.54, 1.807) is 55.6 Å². The van der Waals surface area contributed by atoms with Gasteiger partial charge in [0.1, 0.15) is 5.75 Å². The Hall–Kier alpha value is -7.75. The average Bonchev–Trinajstić information content (AvgIpc) is 3.77. The van der Waals surface area contributed by atoms with Gasteiger partial charge in [0.05, 0.1) is 80.0 Å². The SMILES string of the molecule is CC(C)c1nn(-c2ccc(CO)cc2)c(O)c1C=Nc1ccc([N+](=O)[O-])cc1C(=O)O.COc1ccc(-n2nc(C(C)C)c(C=Nc3ccc([N+](=O)[O-])cc3C(=O)O)c2O)cc1.[Co]. The Balaban J connectivity index is 0.000000272. The predicted octanol–water partition coefficient (Wildman–Crippen LogP) is 7.62. The zero-order valence-corrected chi connectivity index (χ0v) is 35.1. The molecular formula is C42H40CoN8O12. The maximum absolute atomic E-state index is 11.5. The van der Waals surface area contributed by atoms with E-state index in [1.165, 1.54) is 40.0 Å². The van der Waals surface area contributed by atoms with Gasteiger partial charge in [-0.3, -0.25) is 30.2 Å². The van der Waals surface area contributed by atoms with Gasteiger partial charge in [0, 0.05) is 53.5 Å². The van der Waals surface area contributed by atoms with Crippen LogP contribution in [0.1, 0.15) is 88.3 Å². The number of nitrogens with zero attached hydrogens (tertiary/aromatic N) is 8. The minimum atomic E-state index is -1.36. The first kappa shape index (κ1) is 47.9. The number of aromatic carboxylic acids is 2. The Labute approximate surface area is 368 Å². The Morgan fingerprint density at radius 1 is 0.698 bits per heavy atom. The quantitative estimate of drug-likeness (QED) is 0.0399. The summed E-state index contributed by atoms with van der Waals surface area (Å²) >= 11 is 0. The number of ether oxygens (including phenoxy) is 1. The number of rotatable bonds is 14. The van der Waals surface area contributed by atoms with E-state index in [9.17, 15) is 55.4 Å². The fraction of sp³-hybridized carbons (Fsp3) is 0.190. The van der Waals surface area contributed by atoms with Crippen molar-refractivity contribution in [2.24, 2.45) is 9.98 Å². The molecule has 6 aromatic rings. The van der Waals surface area contributed by atoms with E-state index in [-0.39, 0.29) is 80.9 Å². The predicted molar refractivity (Wildman–Crippen MR) is 226 cm³/mol. The second kappa shape index (κ2) is 20.7. The molecule has 0 spiro atoms. The van der Waals surface area contributed by atoms with Gasteiger partial charge >= 0.3 is 11.9 Å². The minimum Gasteiger partial charge on any atom is -0.497 e. The number of methoxy groups -OCH3 is 1. The van der Waals surface area contributed by atoms with Crippen molar-refractivity contribution in [2.45, 2.75) is 46.1 Å². The largest absolute Gasteiger partial charge is 0.497 e. The summed E-state index contributed by atoms with van der Waals surface area (Å²) in [4.78, 5) is 51.9. The van der Waals surface area contributed by atoms with Crippen LogP contribution in [-0.2, 0) is 23.4 Å². The van der Waals surface area contributed by atoms with E-state index in [0.29, 0.717) is 45.2 Å². The van der Waals surface area contributed by atoms with Crippen LogP contribution in [0.15, 0.2) is 94.9 Å². The molecule has 329 valence electrons. The van der Waals surface area contributed by atoms with Gasteiger partial charge in [0.15, 0.2) is 0 Å². The first-order valence-electron chi connectivity index (χ1n) is 18.6. The maximum atomic E-state index is 11.5. The first-order valence-corrected chi connectivity index (χ1v) is 18.6. The van der Waals surface area contributed by atoms with Gasteiger partial charge in [0.25, 0.3) is 11.4 Å². The van der Waals surface area contributed by atoms with Gasteiger partial charge in [0.2, 0.25) is 11.8 Å². The van der Waals surface area contributed by atoms with Crippen molar-refractivity contribution in [3.05, 3.63) is 144 Å². The van der Waals surface area contributed by atoms with Gasteiger partial charge in [-0.1, -0.05) is 39.8 Å². The Morgan fingerprint density at radius 3 is 1.40 bits per heavy atom. The molecule has 0 aliphatic carbocycles. The number of carboxylic acid groups (broad SMARTS) is 2. The van der Waals surface area contributed by atoms with Crippen LogP contribution < -0.4 is 4.74 Å². The van der Waals surface area contributed by atoms with Gasteiger partial charge in [-0.25, -0.2) is 19.0 Å². The third kappa shape index (κ3) is 11.0. The second-order valence-corrected chi connectivity index (χ2v) is 13.9. The second-order valence-electron chi connectivity index (χ2n) is 13.9. The van der Waals surface area contributed by atoms with Crippen LogP contribution in [-0.4, -0.2) is 86.4 Å². The molecule has 1 radical (unpaired) electrons. The molecule has 20 nitrogen and oxygen atoms in total. The zero-order chi connectivity index (χ0) is 45.4. The maximum Gasteiger partial charge on any atom is 0.338 e. The van der Waals surface area contributed by atoms with Crippen LogP contribution in [0, 0.1) is 20.2 Å². The van der Waals surface area contributed by atoms with Crippen molar-refractivity contribution in [3.8, 4) is 28.9 Å². The summed E-state index contributed by atoms with van der Waals surface area (Å²) in [5.41, 5.74) is 2.24. The normalized spacial score (nSPS) is 11.1. The van der Waals surface area contributed by atoms with Gasteiger partial charge in [-0.2, -0.15) is 10.2 Å². The molecule has 5 N–H and O–H groups in total. The molecule has 0 unspecified atom stereocenters. The number of hydrogen-bond acceptors (Lipinski definition) is 14. The number of benzene rings is 4. The van der Waals surface area contributed by atoms with Crippen molar-refractivity contribution < 1.29 is 66.5 Å². The number of nitro benzene ring substituents is 2. The number of aromatic nitrogens is 4. The summed E-state index contributed by atoms with van der Waals surface area (Å²) in [6, 6.07) is 20.4. The number of nitro groups is 2. The van der Waals surface area contributed by atoms with E-state index >= 15 is 0 Å². The van der Waals surface area contributed by atoms with Crippen LogP contribution in [0.4, 0.5) is 22.7 Å². The number of aliphatic hydroxyl groups excluding tert-OH is 1. The fourth-order valence-corrected chi connectivity index (χ4v) is 5.91. The topological polar surface area (TPSA) is 291 Å². The molecule has 4 aromatic carbocycles. The molecule has 0 saturated heterocycles. The number of aliphatic hydroxyl groups is 1. The molecule has 0 bridgehead atoms. The molecule has 0 saturated carbocycles. The molecule has 0 aliphatic rings. The zero-order valence-electron chi connectivity index (χ0n) is 34.1. The van der Waals surface area contributed by atoms with Crippen molar-refractivity contribution in [3.63, 3.8) is 0 Å². The minimum absolute atomic E-state index is 0. The number of aliphatic imine (C=N–C) groups is 2. The van der Waals surface area contributed by atoms with Crippen LogP contribution in [0.25, 0.3) is 11.4 Å². The third-order valence-corrected chi connectivity index (χ3v) is 9.13. The van der Waals surface area contributed by atoms with Crippen molar-refractivity contribution in [1.29, 1.82) is 0 Å². The van der Waals surface area contributed by atoms with Crippen LogP contribution >= 0.6 is 0 Å². The fourth-order valence-electron chi connectivity index (χ4n) is 5.91. The Bertz CT molecular complexity index is 2520. The molecule has 0 atom stereocenters. The van der Waals surface area contributed by atoms with Crippen LogP contribution in [0.3, 0.4) is 0 Å². The molecule has 0 fully saturated rings. The summed E-state index contributed by atoms with van der Waals surface area (Å²) in [7, 11) is 1.55. The van der Waals surface area contributed by atoms with Gasteiger partial charge in [-0.15, -0.1) is 0 Å². The molecule has 0 amide bonds. The number of carboxylic acids is 2. The number of hydrogen-bond donors (Lipinski definition) is 5. The van der Waals surface area contributed by atoms with Gasteiger partial charge < -0.3 is 30.3 Å². The molecule has 63 heavy (non-hydrogen) atoms. The van der Waals surface area contributed by atoms with Crippen LogP contribution in [0.5, 0.6) is 17.5 Å². The summed E-state index contributed by atoms with van der Waals surface area (Å²) < 4.78 is 7.82. The van der Waals surface area contributed by atoms with Crippen molar-refractivity contribution in [2.75, 3.05) is 7.11 Å². The van der Waals surface area contributed by atoms with Crippen molar-refractivity contribution in [1.82, 2.24) is 19.6 Å². The average molecular weight is 908 g/mol. The van der Waals surface area contributed by atoms with E-state index in [2.05, 4.69) is 20.2 Å². The summed E-state index contributed by atoms with van der Waals surface area (Å²) in [5.74, 6) is -2.56. The molecular weight excluding hydrogens is 867 g/mol. The van der Waals surface area contributed by atoms with Gasteiger partial charge in [-0.05, 0) is 65.9 Å². The van der Waals surface area contributed by atoms with E-state index in [4.69, 9.17) is 4.74 Å². The monoisotopic (exact) mass is 907 g/mol. The number of aromatic hydroxyl groups is 2. The molecule has 0 aliphatic heterocycles.